The highest BCUT2D eigenvalue weighted by Gasteiger charge is 2.33. The van der Waals surface area contributed by atoms with E-state index in [1.807, 2.05) is 24.3 Å². The van der Waals surface area contributed by atoms with Crippen molar-refractivity contribution in [2.45, 2.75) is 31.7 Å². The summed E-state index contributed by atoms with van der Waals surface area (Å²) in [6, 6.07) is 7.85. The van der Waals surface area contributed by atoms with E-state index in [9.17, 15) is 13.2 Å². The third-order valence-electron chi connectivity index (χ3n) is 3.83. The van der Waals surface area contributed by atoms with Crippen molar-refractivity contribution in [3.05, 3.63) is 34.9 Å². The second kappa shape index (κ2) is 6.36. The van der Waals surface area contributed by atoms with Crippen molar-refractivity contribution in [2.75, 3.05) is 12.0 Å². The zero-order valence-corrected chi connectivity index (χ0v) is 13.7. The summed E-state index contributed by atoms with van der Waals surface area (Å²) in [6.45, 7) is 1.64. The Labute approximate surface area is 130 Å². The third kappa shape index (κ3) is 4.45. The Morgan fingerprint density at radius 1 is 1.38 bits per heavy atom. The molecule has 4 nitrogen and oxygen atoms in total. The molecule has 1 aliphatic rings. The van der Waals surface area contributed by atoms with E-state index in [4.69, 9.17) is 11.6 Å². The highest BCUT2D eigenvalue weighted by atomic mass is 35.5. The van der Waals surface area contributed by atoms with Gasteiger partial charge in [-0.2, -0.15) is 0 Å². The van der Waals surface area contributed by atoms with Crippen molar-refractivity contribution in [2.24, 2.45) is 5.92 Å². The number of hydrogen-bond acceptors (Lipinski definition) is 3. The topological polar surface area (TPSA) is 63.2 Å². The van der Waals surface area contributed by atoms with Crippen molar-refractivity contribution in [3.63, 3.8) is 0 Å². The van der Waals surface area contributed by atoms with Gasteiger partial charge in [-0.3, -0.25) is 4.79 Å². The van der Waals surface area contributed by atoms with Gasteiger partial charge in [0, 0.05) is 23.2 Å². The number of carbonyl (C=O) groups excluding carboxylic acids is 1. The first-order chi connectivity index (χ1) is 9.76. The van der Waals surface area contributed by atoms with Crippen LogP contribution in [0.2, 0.25) is 5.02 Å². The first-order valence-corrected chi connectivity index (χ1v) is 9.42. The van der Waals surface area contributed by atoms with Crippen molar-refractivity contribution in [1.29, 1.82) is 0 Å². The van der Waals surface area contributed by atoms with Gasteiger partial charge < -0.3 is 5.32 Å². The average Bonchev–Trinajstić information content (AvgIpc) is 2.32. The molecule has 1 atom stereocenters. The van der Waals surface area contributed by atoms with Crippen LogP contribution in [0.1, 0.15) is 31.2 Å². The fourth-order valence-corrected chi connectivity index (χ4v) is 4.02. The molecule has 0 radical (unpaired) electrons. The maximum atomic E-state index is 11.9. The molecule has 0 aromatic heterocycles. The molecule has 0 bridgehead atoms. The number of benzene rings is 1. The summed E-state index contributed by atoms with van der Waals surface area (Å²) >= 11 is 6.15. The summed E-state index contributed by atoms with van der Waals surface area (Å²) < 4.78 is 22.4. The molecule has 1 aromatic carbocycles. The molecular formula is C15H20ClNO3S. The lowest BCUT2D eigenvalue weighted by Crippen LogP contribution is -2.46. The summed E-state index contributed by atoms with van der Waals surface area (Å²) in [4.78, 5) is 11.9. The van der Waals surface area contributed by atoms with Gasteiger partial charge in [-0.1, -0.05) is 36.7 Å². The quantitative estimate of drug-likeness (QED) is 0.902. The number of amides is 1. The number of sulfone groups is 1. The lowest BCUT2D eigenvalue weighted by molar-refractivity contribution is -0.125. The molecule has 0 heterocycles. The van der Waals surface area contributed by atoms with Gasteiger partial charge in [-0.05, 0) is 30.4 Å². The minimum Gasteiger partial charge on any atom is -0.353 e. The third-order valence-corrected chi connectivity index (χ3v) is 5.28. The number of carbonyl (C=O) groups is 1. The average molecular weight is 330 g/mol. The van der Waals surface area contributed by atoms with Crippen molar-refractivity contribution in [1.82, 2.24) is 5.32 Å². The summed E-state index contributed by atoms with van der Waals surface area (Å²) in [5.41, 5.74) is 1.12. The molecule has 1 N–H and O–H groups in total. The number of halogens is 1. The molecule has 21 heavy (non-hydrogen) atoms. The molecule has 0 aliphatic heterocycles. The monoisotopic (exact) mass is 329 g/mol. The molecule has 1 saturated carbocycles. The van der Waals surface area contributed by atoms with E-state index in [1.54, 1.807) is 6.92 Å². The highest BCUT2D eigenvalue weighted by molar-refractivity contribution is 7.90. The van der Waals surface area contributed by atoms with Gasteiger partial charge in [0.1, 0.15) is 9.84 Å². The van der Waals surface area contributed by atoms with Crippen LogP contribution in [-0.4, -0.2) is 32.4 Å². The molecular weight excluding hydrogens is 310 g/mol. The lowest BCUT2D eigenvalue weighted by Gasteiger charge is -2.37. The Balaban J connectivity index is 1.83. The van der Waals surface area contributed by atoms with Crippen molar-refractivity contribution in [3.8, 4) is 0 Å². The number of nitrogens with one attached hydrogen (secondary N) is 1. The van der Waals surface area contributed by atoms with Crippen LogP contribution in [0.25, 0.3) is 0 Å². The lowest BCUT2D eigenvalue weighted by atomic mass is 9.75. The van der Waals surface area contributed by atoms with Gasteiger partial charge in [-0.15, -0.1) is 0 Å². The van der Waals surface area contributed by atoms with Gasteiger partial charge in [-0.25, -0.2) is 8.42 Å². The second-order valence-corrected chi connectivity index (χ2v) is 8.48. The predicted molar refractivity (Wildman–Crippen MR) is 84.2 cm³/mol. The van der Waals surface area contributed by atoms with Crippen LogP contribution >= 0.6 is 11.6 Å². The fraction of sp³-hybridized carbons (Fsp3) is 0.533. The molecule has 1 aromatic rings. The number of hydrogen-bond donors (Lipinski definition) is 1. The van der Waals surface area contributed by atoms with E-state index in [2.05, 4.69) is 5.32 Å². The summed E-state index contributed by atoms with van der Waals surface area (Å²) in [6.07, 6.45) is 2.84. The highest BCUT2D eigenvalue weighted by Crippen LogP contribution is 2.39. The molecule has 2 rings (SSSR count). The van der Waals surface area contributed by atoms with Crippen molar-refractivity contribution < 1.29 is 13.2 Å². The first-order valence-electron chi connectivity index (χ1n) is 6.99. The van der Waals surface area contributed by atoms with Crippen LogP contribution in [0.15, 0.2) is 24.3 Å². The van der Waals surface area contributed by atoms with E-state index < -0.39 is 15.8 Å². The van der Waals surface area contributed by atoms with E-state index in [-0.39, 0.29) is 17.7 Å². The summed E-state index contributed by atoms with van der Waals surface area (Å²) in [5, 5.41) is 3.67. The largest absolute Gasteiger partial charge is 0.353 e. The summed E-state index contributed by atoms with van der Waals surface area (Å²) in [7, 11) is -3.13. The minimum absolute atomic E-state index is 0.112. The predicted octanol–water partition coefficient (Wildman–Crippen LogP) is 2.38. The van der Waals surface area contributed by atoms with Crippen LogP contribution in [0, 0.1) is 5.92 Å². The number of rotatable bonds is 5. The Morgan fingerprint density at radius 3 is 2.57 bits per heavy atom. The Kier molecular flexibility index (Phi) is 4.94. The van der Waals surface area contributed by atoms with Gasteiger partial charge in [0.25, 0.3) is 0 Å². The van der Waals surface area contributed by atoms with Crippen molar-refractivity contribution >= 4 is 27.3 Å². The van der Waals surface area contributed by atoms with Gasteiger partial charge in [0.05, 0.1) is 5.75 Å². The van der Waals surface area contributed by atoms with Crippen LogP contribution in [0.5, 0.6) is 0 Å². The van der Waals surface area contributed by atoms with Gasteiger partial charge in [0.15, 0.2) is 0 Å². The molecule has 1 fully saturated rings. The fourth-order valence-electron chi connectivity index (χ4n) is 2.67. The molecule has 6 heteroatoms. The van der Waals surface area contributed by atoms with E-state index in [0.29, 0.717) is 5.92 Å². The van der Waals surface area contributed by atoms with Gasteiger partial charge >= 0.3 is 0 Å². The Hall–Kier alpha value is -1.07. The second-order valence-electron chi connectivity index (χ2n) is 5.89. The maximum absolute atomic E-state index is 11.9. The van der Waals surface area contributed by atoms with E-state index in [0.717, 1.165) is 29.7 Å². The molecule has 1 unspecified atom stereocenters. The van der Waals surface area contributed by atoms with E-state index in [1.165, 1.54) is 0 Å². The van der Waals surface area contributed by atoms with Gasteiger partial charge in [0.2, 0.25) is 5.91 Å². The summed E-state index contributed by atoms with van der Waals surface area (Å²) in [5.74, 6) is -0.448. The van der Waals surface area contributed by atoms with Crippen LogP contribution in [0.4, 0.5) is 0 Å². The standard InChI is InChI=1S/C15H20ClNO3S/c1-10(9-21(2,19)20)15(18)17-12-7-11(8-12)13-5-3-4-6-14(13)16/h3-6,10-12H,7-9H2,1-2H3,(H,17,18). The smallest absolute Gasteiger partial charge is 0.224 e. The SMILES string of the molecule is CC(CS(C)(=O)=O)C(=O)NC1CC(c2ccccc2Cl)C1. The van der Waals surface area contributed by atoms with Crippen LogP contribution in [-0.2, 0) is 14.6 Å². The molecule has 1 aliphatic carbocycles. The molecule has 116 valence electrons. The zero-order chi connectivity index (χ0) is 15.6. The maximum Gasteiger partial charge on any atom is 0.224 e. The zero-order valence-electron chi connectivity index (χ0n) is 12.2. The van der Waals surface area contributed by atoms with Crippen LogP contribution < -0.4 is 5.32 Å². The Morgan fingerprint density at radius 2 is 2.00 bits per heavy atom. The molecule has 0 spiro atoms. The molecule has 0 saturated heterocycles. The normalized spacial score (nSPS) is 23.2. The van der Waals surface area contributed by atoms with E-state index >= 15 is 0 Å². The first kappa shape index (κ1) is 16.3. The van der Waals surface area contributed by atoms with Crippen LogP contribution in [0.3, 0.4) is 0 Å². The minimum atomic E-state index is -3.13. The Bertz CT molecular complexity index is 624. The molecule has 1 amide bonds.